The van der Waals surface area contributed by atoms with Crippen LogP contribution in [-0.4, -0.2) is 30.8 Å². The van der Waals surface area contributed by atoms with Crippen LogP contribution in [0.25, 0.3) is 11.8 Å². The normalized spacial score (nSPS) is 11.0. The van der Waals surface area contributed by atoms with Gasteiger partial charge in [-0.1, -0.05) is 80.4 Å². The smallest absolute Gasteiger partial charge is 0.178 e. The summed E-state index contributed by atoms with van der Waals surface area (Å²) in [6.07, 6.45) is 18.4. The van der Waals surface area contributed by atoms with Gasteiger partial charge >= 0.3 is 0 Å². The van der Waals surface area contributed by atoms with Gasteiger partial charge in [-0.05, 0) is 73.8 Å². The Hall–Kier alpha value is -5.12. The number of aliphatic imine (C=N–C) groups is 2. The van der Waals surface area contributed by atoms with Gasteiger partial charge in [0.15, 0.2) is 5.84 Å². The predicted octanol–water partition coefficient (Wildman–Crippen LogP) is 7.48. The van der Waals surface area contributed by atoms with Gasteiger partial charge in [0, 0.05) is 24.1 Å². The van der Waals surface area contributed by atoms with Gasteiger partial charge in [0.2, 0.25) is 0 Å². The Morgan fingerprint density at radius 3 is 2.37 bits per heavy atom. The summed E-state index contributed by atoms with van der Waals surface area (Å²) in [5, 5.41) is 6.39. The van der Waals surface area contributed by atoms with E-state index < -0.39 is 0 Å². The summed E-state index contributed by atoms with van der Waals surface area (Å²) < 4.78 is 0. The third-order valence-corrected chi connectivity index (χ3v) is 5.89. The second-order valence-corrected chi connectivity index (χ2v) is 8.85. The zero-order valence-electron chi connectivity index (χ0n) is 24.7. The standard InChI is InChI=1S/C25H27N5.C8H13N.C2H2/c1-6-20-14-27-24(18(20)4)25(28-15-26)30-23-13-22(11-10-17(23)3)29-19(5)21-9-7-8-16(2)12-21;1-4-6-8(5-2)7-9-3;1-2/h6-15,27,29H,1,5H2,2-4H3,(H2,26,28,30);4-6,9H,1-2,7H2,3H3;1-2H/b;8-6+;. The maximum Gasteiger partial charge on any atom is 0.178 e. The fraction of sp³-hybridized carbons (Fsp3) is 0.143. The van der Waals surface area contributed by atoms with E-state index in [0.29, 0.717) is 5.84 Å². The number of rotatable bonds is 10. The summed E-state index contributed by atoms with van der Waals surface area (Å²) in [5.41, 5.74) is 15.4. The quantitative estimate of drug-likeness (QED) is 0.0919. The van der Waals surface area contributed by atoms with Gasteiger partial charge in [-0.25, -0.2) is 9.98 Å². The van der Waals surface area contributed by atoms with Crippen LogP contribution in [0.3, 0.4) is 0 Å². The van der Waals surface area contributed by atoms with E-state index >= 15 is 0 Å². The van der Waals surface area contributed by atoms with E-state index in [9.17, 15) is 0 Å². The Morgan fingerprint density at radius 1 is 1.07 bits per heavy atom. The van der Waals surface area contributed by atoms with E-state index in [1.807, 2.05) is 69.6 Å². The first-order valence-corrected chi connectivity index (χ1v) is 13.0. The molecule has 0 amide bonds. The minimum atomic E-state index is 0.515. The Labute approximate surface area is 245 Å². The SMILES string of the molecule is C#C.C=C/C=C(\C=C)CNC.C=Cc1c[nH]c(C(N=CN)=Nc2cc(NC(=C)c3cccc(C)c3)ccc2C)c1C. The van der Waals surface area contributed by atoms with E-state index in [1.54, 1.807) is 12.2 Å². The highest BCUT2D eigenvalue weighted by Gasteiger charge is 2.12. The first-order chi connectivity index (χ1) is 19.8. The van der Waals surface area contributed by atoms with Crippen LogP contribution in [0.5, 0.6) is 0 Å². The molecule has 0 aliphatic rings. The van der Waals surface area contributed by atoms with Gasteiger partial charge in [0.25, 0.3) is 0 Å². The molecule has 41 heavy (non-hydrogen) atoms. The van der Waals surface area contributed by atoms with Crippen molar-refractivity contribution in [3.8, 4) is 12.8 Å². The molecular formula is C35H42N6. The number of aromatic amines is 1. The summed E-state index contributed by atoms with van der Waals surface area (Å²) in [7, 11) is 1.90. The van der Waals surface area contributed by atoms with Crippen molar-refractivity contribution in [2.24, 2.45) is 15.7 Å². The molecule has 0 radical (unpaired) electrons. The van der Waals surface area contributed by atoms with Crippen LogP contribution < -0.4 is 16.4 Å². The number of allylic oxidation sites excluding steroid dienone is 2. The van der Waals surface area contributed by atoms with Crippen LogP contribution in [0.4, 0.5) is 11.4 Å². The number of terminal acetylenes is 1. The van der Waals surface area contributed by atoms with E-state index in [4.69, 9.17) is 10.7 Å². The number of aryl methyl sites for hydroxylation is 2. The third kappa shape index (κ3) is 10.5. The lowest BCUT2D eigenvalue weighted by Gasteiger charge is -2.12. The first-order valence-electron chi connectivity index (χ1n) is 13.0. The maximum atomic E-state index is 5.59. The Morgan fingerprint density at radius 2 is 1.80 bits per heavy atom. The highest BCUT2D eigenvalue weighted by molar-refractivity contribution is 6.04. The van der Waals surface area contributed by atoms with E-state index in [2.05, 4.69) is 78.8 Å². The molecule has 2 aromatic carbocycles. The largest absolute Gasteiger partial charge is 0.390 e. The average molecular weight is 547 g/mol. The molecule has 1 heterocycles. The molecule has 5 N–H and O–H groups in total. The molecule has 6 heteroatoms. The van der Waals surface area contributed by atoms with E-state index in [1.165, 1.54) is 11.9 Å². The number of nitrogens with two attached hydrogens (primary N) is 1. The van der Waals surface area contributed by atoms with Crippen molar-refractivity contribution < 1.29 is 0 Å². The van der Waals surface area contributed by atoms with E-state index in [0.717, 1.165) is 57.1 Å². The summed E-state index contributed by atoms with van der Waals surface area (Å²) in [4.78, 5) is 12.3. The summed E-state index contributed by atoms with van der Waals surface area (Å²) in [5.74, 6) is 0.515. The van der Waals surface area contributed by atoms with Crippen molar-refractivity contribution in [2.75, 3.05) is 18.9 Å². The van der Waals surface area contributed by atoms with Crippen LogP contribution in [0.2, 0.25) is 0 Å². The van der Waals surface area contributed by atoms with Gasteiger partial charge in [-0.3, -0.25) is 0 Å². The average Bonchev–Trinajstić information content (AvgIpc) is 3.35. The van der Waals surface area contributed by atoms with Crippen LogP contribution in [-0.2, 0) is 0 Å². The monoisotopic (exact) mass is 546 g/mol. The minimum absolute atomic E-state index is 0.515. The van der Waals surface area contributed by atoms with Crippen LogP contribution >= 0.6 is 0 Å². The number of anilines is 1. The van der Waals surface area contributed by atoms with Crippen LogP contribution in [0, 0.1) is 33.6 Å². The lowest BCUT2D eigenvalue weighted by molar-refractivity contribution is 0.896. The molecule has 3 rings (SSSR count). The van der Waals surface area contributed by atoms with Crippen molar-refractivity contribution >= 4 is 35.3 Å². The zero-order chi connectivity index (χ0) is 30.8. The molecule has 0 unspecified atom stereocenters. The van der Waals surface area contributed by atoms with Crippen molar-refractivity contribution in [2.45, 2.75) is 20.8 Å². The van der Waals surface area contributed by atoms with Gasteiger partial charge in [-0.2, -0.15) is 0 Å². The summed E-state index contributed by atoms with van der Waals surface area (Å²) in [6.45, 7) is 22.2. The highest BCUT2D eigenvalue weighted by Crippen LogP contribution is 2.27. The molecule has 0 aliphatic heterocycles. The number of hydrogen-bond donors (Lipinski definition) is 4. The van der Waals surface area contributed by atoms with Gasteiger partial charge in [0.1, 0.15) is 0 Å². The van der Waals surface area contributed by atoms with Crippen molar-refractivity contribution in [3.63, 3.8) is 0 Å². The second kappa shape index (κ2) is 18.2. The molecule has 0 saturated carbocycles. The number of H-pyrrole nitrogens is 1. The van der Waals surface area contributed by atoms with E-state index in [-0.39, 0.29) is 0 Å². The van der Waals surface area contributed by atoms with Gasteiger partial charge in [-0.15, -0.1) is 12.8 Å². The number of nitrogens with one attached hydrogen (secondary N) is 3. The maximum absolute atomic E-state index is 5.59. The molecular weight excluding hydrogens is 504 g/mol. The summed E-state index contributed by atoms with van der Waals surface area (Å²) in [6, 6.07) is 14.2. The number of aromatic nitrogens is 1. The Kier molecular flexibility index (Phi) is 15.1. The molecule has 0 aliphatic carbocycles. The topological polar surface area (TPSA) is 90.6 Å². The van der Waals surface area contributed by atoms with Crippen molar-refractivity contribution in [3.05, 3.63) is 132 Å². The number of benzene rings is 2. The molecule has 1 aromatic heterocycles. The molecule has 0 atom stereocenters. The molecule has 212 valence electrons. The molecule has 0 fully saturated rings. The van der Waals surface area contributed by atoms with Crippen LogP contribution in [0.1, 0.15) is 33.5 Å². The molecule has 6 nitrogen and oxygen atoms in total. The lowest BCUT2D eigenvalue weighted by atomic mass is 10.1. The summed E-state index contributed by atoms with van der Waals surface area (Å²) >= 11 is 0. The fourth-order valence-electron chi connectivity index (χ4n) is 3.73. The van der Waals surface area contributed by atoms with Gasteiger partial charge < -0.3 is 21.4 Å². The number of amidine groups is 1. The predicted molar refractivity (Wildman–Crippen MR) is 182 cm³/mol. The second-order valence-electron chi connectivity index (χ2n) is 8.85. The lowest BCUT2D eigenvalue weighted by Crippen LogP contribution is -2.08. The van der Waals surface area contributed by atoms with Crippen molar-refractivity contribution in [1.82, 2.24) is 10.3 Å². The third-order valence-electron chi connectivity index (χ3n) is 5.89. The fourth-order valence-corrected chi connectivity index (χ4v) is 3.73. The highest BCUT2D eigenvalue weighted by atomic mass is 15.0. The first kappa shape index (κ1) is 33.9. The number of hydrogen-bond acceptors (Lipinski definition) is 3. The number of nitrogens with zero attached hydrogens (tertiary/aromatic N) is 2. The Bertz CT molecular complexity index is 1450. The molecule has 0 bridgehead atoms. The molecule has 3 aromatic rings. The Balaban J connectivity index is 0.000000653. The van der Waals surface area contributed by atoms with Gasteiger partial charge in [0.05, 0.1) is 17.7 Å². The van der Waals surface area contributed by atoms with Crippen molar-refractivity contribution in [1.29, 1.82) is 0 Å². The molecule has 0 saturated heterocycles. The zero-order valence-corrected chi connectivity index (χ0v) is 24.7. The molecule has 0 spiro atoms. The number of likely N-dealkylation sites (N-methyl/N-ethyl adjacent to an activating group) is 1. The van der Waals surface area contributed by atoms with Crippen LogP contribution in [0.15, 0.2) is 109 Å². The minimum Gasteiger partial charge on any atom is -0.390 e.